The molecule has 4 rings (SSSR count). The van der Waals surface area contributed by atoms with E-state index in [0.29, 0.717) is 35.5 Å². The molecular weight excluding hydrogens is 434 g/mol. The lowest BCUT2D eigenvalue weighted by Gasteiger charge is -2.35. The molecule has 2 aromatic rings. The number of nitrogens with one attached hydrogen (secondary N) is 1. The highest BCUT2D eigenvalue weighted by atomic mass is 35.5. The van der Waals surface area contributed by atoms with Crippen molar-refractivity contribution in [2.24, 2.45) is 5.92 Å². The summed E-state index contributed by atoms with van der Waals surface area (Å²) < 4.78 is 11.9. The third kappa shape index (κ3) is 5.84. The van der Waals surface area contributed by atoms with Crippen molar-refractivity contribution in [1.82, 2.24) is 15.2 Å². The molecule has 2 aliphatic heterocycles. The first-order valence-corrected chi connectivity index (χ1v) is 12.3. The van der Waals surface area contributed by atoms with E-state index in [4.69, 9.17) is 21.1 Å². The number of aromatic nitrogens is 1. The van der Waals surface area contributed by atoms with Crippen molar-refractivity contribution in [2.75, 3.05) is 39.0 Å². The highest BCUT2D eigenvalue weighted by Crippen LogP contribution is 2.38. The highest BCUT2D eigenvalue weighted by Gasteiger charge is 2.27. The van der Waals surface area contributed by atoms with E-state index in [0.717, 1.165) is 49.6 Å². The molecule has 0 saturated carbocycles. The van der Waals surface area contributed by atoms with Gasteiger partial charge in [-0.2, -0.15) is 0 Å². The van der Waals surface area contributed by atoms with E-state index in [1.54, 1.807) is 18.0 Å². The highest BCUT2D eigenvalue weighted by molar-refractivity contribution is 7.98. The van der Waals surface area contributed by atoms with Crippen LogP contribution < -0.4 is 14.8 Å². The summed E-state index contributed by atoms with van der Waals surface area (Å²) in [6.07, 6.45) is 6.23. The fourth-order valence-electron chi connectivity index (χ4n) is 4.09. The van der Waals surface area contributed by atoms with E-state index < -0.39 is 0 Å². The molecule has 1 atom stereocenters. The Labute approximate surface area is 192 Å². The second-order valence-corrected chi connectivity index (χ2v) is 9.22. The number of nitrogens with zero attached hydrogens (tertiary/aromatic N) is 2. The van der Waals surface area contributed by atoms with Crippen LogP contribution in [-0.2, 0) is 11.2 Å². The number of benzene rings is 1. The van der Waals surface area contributed by atoms with Gasteiger partial charge in [-0.3, -0.25) is 9.69 Å². The number of hydrogen-bond donors (Lipinski definition) is 1. The SMILES string of the molecule is CSc1ncccc1CC(=O)NCC1CCN(CC2COc3cccc(Cl)c3O2)CC1. The van der Waals surface area contributed by atoms with E-state index in [9.17, 15) is 4.79 Å². The molecule has 0 spiro atoms. The van der Waals surface area contributed by atoms with Gasteiger partial charge in [0.05, 0.1) is 16.5 Å². The Morgan fingerprint density at radius 1 is 1.29 bits per heavy atom. The summed E-state index contributed by atoms with van der Waals surface area (Å²) in [6, 6.07) is 9.42. The summed E-state index contributed by atoms with van der Waals surface area (Å²) in [6.45, 7) is 4.08. The van der Waals surface area contributed by atoms with Crippen LogP contribution in [0.2, 0.25) is 5.02 Å². The van der Waals surface area contributed by atoms with Crippen LogP contribution in [0, 0.1) is 5.92 Å². The molecule has 1 N–H and O–H groups in total. The molecule has 1 fully saturated rings. The molecule has 1 unspecified atom stereocenters. The van der Waals surface area contributed by atoms with Gasteiger partial charge in [0.25, 0.3) is 0 Å². The van der Waals surface area contributed by atoms with Crippen LogP contribution >= 0.6 is 23.4 Å². The Morgan fingerprint density at radius 3 is 2.94 bits per heavy atom. The summed E-state index contributed by atoms with van der Waals surface area (Å²) in [4.78, 5) is 19.1. The van der Waals surface area contributed by atoms with E-state index >= 15 is 0 Å². The number of carbonyl (C=O) groups is 1. The lowest BCUT2D eigenvalue weighted by atomic mass is 9.96. The van der Waals surface area contributed by atoms with Gasteiger partial charge in [0, 0.05) is 19.3 Å². The van der Waals surface area contributed by atoms with Gasteiger partial charge >= 0.3 is 0 Å². The summed E-state index contributed by atoms with van der Waals surface area (Å²) in [5, 5.41) is 4.62. The summed E-state index contributed by atoms with van der Waals surface area (Å²) >= 11 is 7.81. The van der Waals surface area contributed by atoms with Gasteiger partial charge in [-0.15, -0.1) is 11.8 Å². The molecule has 31 heavy (non-hydrogen) atoms. The minimum absolute atomic E-state index is 0.0197. The smallest absolute Gasteiger partial charge is 0.224 e. The molecule has 1 aromatic heterocycles. The maximum Gasteiger partial charge on any atom is 0.224 e. The van der Waals surface area contributed by atoms with Crippen LogP contribution in [0.1, 0.15) is 18.4 Å². The molecule has 1 saturated heterocycles. The van der Waals surface area contributed by atoms with Gasteiger partial charge in [-0.1, -0.05) is 23.7 Å². The van der Waals surface area contributed by atoms with Crippen LogP contribution in [0.3, 0.4) is 0 Å². The molecule has 0 radical (unpaired) electrons. The van der Waals surface area contributed by atoms with E-state index in [-0.39, 0.29) is 12.0 Å². The molecule has 8 heteroatoms. The maximum absolute atomic E-state index is 12.4. The Bertz CT molecular complexity index is 905. The van der Waals surface area contributed by atoms with Gasteiger partial charge in [0.2, 0.25) is 5.91 Å². The number of rotatable bonds is 7. The van der Waals surface area contributed by atoms with Gasteiger partial charge in [0.1, 0.15) is 12.7 Å². The molecule has 3 heterocycles. The van der Waals surface area contributed by atoms with Crippen molar-refractivity contribution in [3.05, 3.63) is 47.1 Å². The van der Waals surface area contributed by atoms with Gasteiger partial charge in [-0.25, -0.2) is 4.98 Å². The van der Waals surface area contributed by atoms with Gasteiger partial charge < -0.3 is 14.8 Å². The number of halogens is 1. The van der Waals surface area contributed by atoms with Crippen molar-refractivity contribution >= 4 is 29.3 Å². The zero-order chi connectivity index (χ0) is 21.6. The largest absolute Gasteiger partial charge is 0.486 e. The fraction of sp³-hybridized carbons (Fsp3) is 0.478. The summed E-state index contributed by atoms with van der Waals surface area (Å²) in [5.41, 5.74) is 0.985. The normalized spacial score (nSPS) is 19.2. The average Bonchev–Trinajstić information content (AvgIpc) is 2.79. The predicted molar refractivity (Wildman–Crippen MR) is 123 cm³/mol. The number of pyridine rings is 1. The summed E-state index contributed by atoms with van der Waals surface area (Å²) in [7, 11) is 0. The van der Waals surface area contributed by atoms with Gasteiger partial charge in [-0.05, 0) is 61.9 Å². The first-order valence-electron chi connectivity index (χ1n) is 10.7. The molecule has 6 nitrogen and oxygen atoms in total. The molecule has 1 amide bonds. The first-order chi connectivity index (χ1) is 15.1. The number of likely N-dealkylation sites (tertiary alicyclic amines) is 1. The van der Waals surface area contributed by atoms with Crippen molar-refractivity contribution in [1.29, 1.82) is 0 Å². The monoisotopic (exact) mass is 461 g/mol. The first kappa shape index (κ1) is 22.2. The quantitative estimate of drug-likeness (QED) is 0.635. The van der Waals surface area contributed by atoms with E-state index in [1.807, 2.05) is 36.6 Å². The van der Waals surface area contributed by atoms with Crippen molar-refractivity contribution in [2.45, 2.75) is 30.4 Å². The van der Waals surface area contributed by atoms with Crippen molar-refractivity contribution < 1.29 is 14.3 Å². The van der Waals surface area contributed by atoms with Crippen molar-refractivity contribution in [3.8, 4) is 11.5 Å². The molecule has 0 bridgehead atoms. The van der Waals surface area contributed by atoms with E-state index in [2.05, 4.69) is 15.2 Å². The molecular formula is C23H28ClN3O3S. The van der Waals surface area contributed by atoms with Crippen LogP contribution in [0.4, 0.5) is 0 Å². The number of amides is 1. The number of para-hydroxylation sites is 1. The van der Waals surface area contributed by atoms with Crippen LogP contribution in [0.25, 0.3) is 0 Å². The fourth-order valence-corrected chi connectivity index (χ4v) is 4.87. The van der Waals surface area contributed by atoms with Crippen LogP contribution in [0.5, 0.6) is 11.5 Å². The molecule has 166 valence electrons. The zero-order valence-electron chi connectivity index (χ0n) is 17.7. The Hall–Kier alpha value is -1.96. The van der Waals surface area contributed by atoms with Crippen LogP contribution in [0.15, 0.2) is 41.6 Å². The molecule has 0 aliphatic carbocycles. The molecule has 2 aliphatic rings. The number of ether oxygens (including phenoxy) is 2. The zero-order valence-corrected chi connectivity index (χ0v) is 19.3. The minimum atomic E-state index is -0.0197. The summed E-state index contributed by atoms with van der Waals surface area (Å²) in [5.74, 6) is 1.94. The Kier molecular flexibility index (Phi) is 7.58. The number of thioether (sulfide) groups is 1. The van der Waals surface area contributed by atoms with Crippen molar-refractivity contribution in [3.63, 3.8) is 0 Å². The Balaban J connectivity index is 1.18. The second-order valence-electron chi connectivity index (χ2n) is 8.01. The third-order valence-electron chi connectivity index (χ3n) is 5.79. The third-order valence-corrected chi connectivity index (χ3v) is 6.84. The number of hydrogen-bond acceptors (Lipinski definition) is 6. The Morgan fingerprint density at radius 2 is 2.13 bits per heavy atom. The molecule has 1 aromatic carbocycles. The van der Waals surface area contributed by atoms with Gasteiger partial charge in [0.15, 0.2) is 11.5 Å². The lowest BCUT2D eigenvalue weighted by Crippen LogP contribution is -2.45. The standard InChI is InChI=1S/C23H28ClN3O3S/c1-31-23-17(4-3-9-25-23)12-21(28)26-13-16-7-10-27(11-8-16)14-18-15-29-20-6-2-5-19(24)22(20)30-18/h2-6,9,16,18H,7-8,10-15H2,1H3,(H,26,28). The number of carbonyl (C=O) groups excluding carboxylic acids is 1. The topological polar surface area (TPSA) is 63.7 Å². The maximum atomic E-state index is 12.4. The van der Waals surface area contributed by atoms with E-state index in [1.165, 1.54) is 0 Å². The van der Waals surface area contributed by atoms with Crippen LogP contribution in [-0.4, -0.2) is 60.9 Å². The predicted octanol–water partition coefficient (Wildman–Crippen LogP) is 3.67. The minimum Gasteiger partial charge on any atom is -0.486 e. The second kappa shape index (κ2) is 10.6. The number of fused-ring (bicyclic) bond motifs is 1. The lowest BCUT2D eigenvalue weighted by molar-refractivity contribution is -0.120. The number of piperidine rings is 1. The average molecular weight is 462 g/mol.